The van der Waals surface area contributed by atoms with Crippen molar-refractivity contribution in [2.75, 3.05) is 54.2 Å². The Kier molecular flexibility index (Phi) is 15.1. The van der Waals surface area contributed by atoms with Gasteiger partial charge < -0.3 is 0 Å². The van der Waals surface area contributed by atoms with Crippen molar-refractivity contribution in [3.05, 3.63) is 0 Å². The summed E-state index contributed by atoms with van der Waals surface area (Å²) in [6.07, 6.45) is 0. The Hall–Kier alpha value is 1.69. The first kappa shape index (κ1) is 32.7. The molecule has 0 N–H and O–H groups in total. The van der Waals surface area contributed by atoms with Gasteiger partial charge in [-0.1, -0.05) is 0 Å². The van der Waals surface area contributed by atoms with Gasteiger partial charge in [0.05, 0.1) is 0 Å². The van der Waals surface area contributed by atoms with E-state index < -0.39 is 33.2 Å². The van der Waals surface area contributed by atoms with Crippen LogP contribution in [0.15, 0.2) is 0 Å². The van der Waals surface area contributed by atoms with Crippen LogP contribution in [0.1, 0.15) is 41.5 Å². The van der Waals surface area contributed by atoms with Crippen LogP contribution in [-0.2, 0) is 26.6 Å². The van der Waals surface area contributed by atoms with Gasteiger partial charge in [-0.05, 0) is 0 Å². The van der Waals surface area contributed by atoms with E-state index in [0.29, 0.717) is 0 Å². The first-order valence-corrected chi connectivity index (χ1v) is 27.8. The second kappa shape index (κ2) is 14.3. The molecule has 0 saturated heterocycles. The van der Waals surface area contributed by atoms with Crippen molar-refractivity contribution in [3.8, 4) is 0 Å². The average Bonchev–Trinajstić information content (AvgIpc) is 2.76. The molecule has 0 heterocycles. The number of rotatable bonds is 18. The summed E-state index contributed by atoms with van der Waals surface area (Å²) in [5.74, 6) is 2.21. The Balaban J connectivity index is 5.24. The molecule has 0 rings (SSSR count). The van der Waals surface area contributed by atoms with Gasteiger partial charge in [0.15, 0.2) is 0 Å². The fraction of sp³-hybridized carbons (Fsp3) is 1.00. The minimum atomic E-state index is -2.59. The molecule has 0 aromatic heterocycles. The minimum absolute atomic E-state index is 0.0890. The first-order chi connectivity index (χ1) is 14.3. The molecule has 6 nitrogen and oxygen atoms in total. The molecule has 0 bridgehead atoms. The summed E-state index contributed by atoms with van der Waals surface area (Å²) >= 11 is -2.43. The fourth-order valence-electron chi connectivity index (χ4n) is 3.56. The van der Waals surface area contributed by atoms with Crippen LogP contribution in [0.2, 0.25) is 21.0 Å². The van der Waals surface area contributed by atoms with Crippen molar-refractivity contribution < 1.29 is 26.6 Å². The van der Waals surface area contributed by atoms with E-state index in [9.17, 15) is 0 Å². The van der Waals surface area contributed by atoms with Crippen LogP contribution < -0.4 is 0 Å². The third kappa shape index (κ3) is 10.5. The normalized spacial score (nSPS) is 14.3. The molecule has 0 amide bonds. The van der Waals surface area contributed by atoms with E-state index in [1.54, 1.807) is 42.7 Å². The Morgan fingerprint density at radius 3 is 1.03 bits per heavy atom. The molecule has 31 heavy (non-hydrogen) atoms. The summed E-state index contributed by atoms with van der Waals surface area (Å²) in [4.78, 5) is 0. The average molecular weight is 624 g/mol. The van der Waals surface area contributed by atoms with Gasteiger partial charge in [-0.3, -0.25) is 0 Å². The SMILES string of the molecule is C[CH2][Sn]([CH2]C)([S]CC(C)(C)C[Si](OC)(OC)OC)[S]CC(C)(C)C[Si](OC)(OC)OC. The topological polar surface area (TPSA) is 55.4 Å². The molecular weight excluding hydrogens is 575 g/mol. The molecule has 0 aromatic carbocycles. The van der Waals surface area contributed by atoms with Gasteiger partial charge in [0.1, 0.15) is 0 Å². The van der Waals surface area contributed by atoms with Crippen LogP contribution in [0.3, 0.4) is 0 Å². The predicted octanol–water partition coefficient (Wildman–Crippen LogP) is 5.74. The van der Waals surface area contributed by atoms with Gasteiger partial charge in [0.25, 0.3) is 0 Å². The molecule has 0 saturated carbocycles. The van der Waals surface area contributed by atoms with E-state index in [0.717, 1.165) is 23.6 Å². The van der Waals surface area contributed by atoms with Crippen LogP contribution in [0, 0.1) is 10.8 Å². The molecule has 0 aliphatic carbocycles. The van der Waals surface area contributed by atoms with Gasteiger partial charge in [0.2, 0.25) is 0 Å². The van der Waals surface area contributed by atoms with Crippen molar-refractivity contribution in [1.29, 1.82) is 0 Å². The van der Waals surface area contributed by atoms with E-state index in [4.69, 9.17) is 26.6 Å². The van der Waals surface area contributed by atoms with E-state index in [2.05, 4.69) is 59.4 Å². The van der Waals surface area contributed by atoms with Crippen molar-refractivity contribution in [2.45, 2.75) is 62.5 Å². The number of hydrogen-bond donors (Lipinski definition) is 0. The van der Waals surface area contributed by atoms with Gasteiger partial charge in [-0.2, -0.15) is 0 Å². The first-order valence-electron chi connectivity index (χ1n) is 10.9. The van der Waals surface area contributed by atoms with Crippen molar-refractivity contribution in [2.24, 2.45) is 10.8 Å². The summed E-state index contributed by atoms with van der Waals surface area (Å²) in [7, 11) is 9.56. The van der Waals surface area contributed by atoms with Gasteiger partial charge in [-0.25, -0.2) is 0 Å². The van der Waals surface area contributed by atoms with Crippen LogP contribution >= 0.6 is 17.9 Å². The van der Waals surface area contributed by atoms with Gasteiger partial charge in [-0.15, -0.1) is 0 Å². The van der Waals surface area contributed by atoms with E-state index in [1.807, 2.05) is 0 Å². The molecular formula is C20H48O6S2Si2Sn. The molecule has 11 heteroatoms. The fourth-order valence-corrected chi connectivity index (χ4v) is 35.2. The third-order valence-electron chi connectivity index (χ3n) is 5.79. The summed E-state index contributed by atoms with van der Waals surface area (Å²) in [6, 6.07) is 1.65. The van der Waals surface area contributed by atoms with E-state index in [1.165, 1.54) is 8.87 Å². The standard InChI is InChI=1S/2C8H20O3SSi.2C2H5.Sn/c2*1-8(2,6-12)7-13(9-3,10-4)11-5;2*1-2;/h2*12H,6-7H2,1-5H3;2*1H2,2H3;/q;;;;+2/p-2. The quantitative estimate of drug-likeness (QED) is 0.179. The van der Waals surface area contributed by atoms with Crippen molar-refractivity contribution >= 4 is 51.1 Å². The van der Waals surface area contributed by atoms with Crippen molar-refractivity contribution in [3.63, 3.8) is 0 Å². The molecule has 0 fully saturated rings. The molecule has 0 aliphatic heterocycles. The zero-order chi connectivity index (χ0) is 24.4. The van der Waals surface area contributed by atoms with Crippen molar-refractivity contribution in [1.82, 2.24) is 0 Å². The van der Waals surface area contributed by atoms with Crippen LogP contribution in [-0.4, -0.2) is 87.4 Å². The Bertz CT molecular complexity index is 446. The maximum absolute atomic E-state index is 5.69. The second-order valence-electron chi connectivity index (χ2n) is 9.47. The van der Waals surface area contributed by atoms with Gasteiger partial charge in [0, 0.05) is 0 Å². The molecule has 188 valence electrons. The Morgan fingerprint density at radius 1 is 0.581 bits per heavy atom. The zero-order valence-electron chi connectivity index (χ0n) is 22.0. The monoisotopic (exact) mass is 624 g/mol. The summed E-state index contributed by atoms with van der Waals surface area (Å²) < 4.78 is 36.8. The second-order valence-corrected chi connectivity index (χ2v) is 42.9. The van der Waals surface area contributed by atoms with Crippen LogP contribution in [0.5, 0.6) is 0 Å². The predicted molar refractivity (Wildman–Crippen MR) is 142 cm³/mol. The Morgan fingerprint density at radius 2 is 0.839 bits per heavy atom. The van der Waals surface area contributed by atoms with E-state index in [-0.39, 0.29) is 10.8 Å². The van der Waals surface area contributed by atoms with Crippen LogP contribution in [0.25, 0.3) is 0 Å². The Labute approximate surface area is 204 Å². The summed E-state index contributed by atoms with van der Waals surface area (Å²) in [5.41, 5.74) is 0.178. The zero-order valence-corrected chi connectivity index (χ0v) is 28.5. The number of hydrogen-bond acceptors (Lipinski definition) is 8. The summed E-state index contributed by atoms with van der Waals surface area (Å²) in [5, 5.41) is 0. The maximum atomic E-state index is 5.69. The molecule has 0 aliphatic rings. The molecule has 0 radical (unpaired) electrons. The molecule has 0 atom stereocenters. The van der Waals surface area contributed by atoms with Gasteiger partial charge >= 0.3 is 205 Å². The summed E-state index contributed by atoms with van der Waals surface area (Å²) in [6.45, 7) is 14.0. The molecule has 0 aromatic rings. The molecule has 0 unspecified atom stereocenters. The van der Waals surface area contributed by atoms with E-state index >= 15 is 0 Å². The molecule has 0 spiro atoms. The van der Waals surface area contributed by atoms with Crippen LogP contribution in [0.4, 0.5) is 0 Å². The third-order valence-corrected chi connectivity index (χ3v) is 45.3.